The number of furan rings is 1. The standard InChI is InChI=1S/C23H22N2O4S/c1-2-3-11-30(27,28)25-19-9-10-21-20(14-19)18(15-24-21)12-17-13-22(29-23(17)26)16-7-5-4-6-8-16/h4-10,12-15,25-26H,2-3,11H2,1H3. The summed E-state index contributed by atoms with van der Waals surface area (Å²) in [7, 11) is -3.39. The van der Waals surface area contributed by atoms with Crippen LogP contribution in [0.25, 0.3) is 23.0 Å². The van der Waals surface area contributed by atoms with Gasteiger partial charge in [0.25, 0.3) is 5.95 Å². The van der Waals surface area contributed by atoms with Gasteiger partial charge in [0, 0.05) is 28.6 Å². The highest BCUT2D eigenvalue weighted by molar-refractivity contribution is 7.92. The molecule has 0 radical (unpaired) electrons. The van der Waals surface area contributed by atoms with Crippen LogP contribution in [0.15, 0.2) is 64.0 Å². The van der Waals surface area contributed by atoms with E-state index in [4.69, 9.17) is 4.42 Å². The lowest BCUT2D eigenvalue weighted by molar-refractivity contribution is 0.337. The number of unbranched alkanes of at least 4 members (excludes halogenated alkanes) is 1. The quantitative estimate of drug-likeness (QED) is 0.529. The van der Waals surface area contributed by atoms with Crippen molar-refractivity contribution in [2.45, 2.75) is 19.8 Å². The van der Waals surface area contributed by atoms with Gasteiger partial charge in [0.15, 0.2) is 0 Å². The Labute approximate surface area is 175 Å². The highest BCUT2D eigenvalue weighted by Gasteiger charge is 2.17. The fourth-order valence-electron chi connectivity index (χ4n) is 3.24. The summed E-state index contributed by atoms with van der Waals surface area (Å²) in [6.07, 6.45) is 4.88. The minimum Gasteiger partial charge on any atom is -0.480 e. The number of hydrogen-bond acceptors (Lipinski definition) is 5. The molecule has 0 spiro atoms. The summed E-state index contributed by atoms with van der Waals surface area (Å²) < 4.78 is 32.5. The van der Waals surface area contributed by atoms with Crippen LogP contribution in [-0.4, -0.2) is 25.5 Å². The van der Waals surface area contributed by atoms with E-state index in [9.17, 15) is 13.5 Å². The van der Waals surface area contributed by atoms with Crippen molar-refractivity contribution in [2.75, 3.05) is 10.5 Å². The molecule has 1 aromatic heterocycles. The number of nitrogens with zero attached hydrogens (tertiary/aromatic N) is 1. The van der Waals surface area contributed by atoms with Gasteiger partial charge in [0.05, 0.1) is 17.0 Å². The number of sulfonamides is 1. The van der Waals surface area contributed by atoms with Gasteiger partial charge in [0.1, 0.15) is 5.76 Å². The van der Waals surface area contributed by atoms with Crippen LogP contribution < -0.4 is 4.72 Å². The number of benzene rings is 2. The van der Waals surface area contributed by atoms with Crippen LogP contribution in [0.1, 0.15) is 30.9 Å². The second-order valence-corrected chi connectivity index (χ2v) is 8.94. The molecule has 6 nitrogen and oxygen atoms in total. The Kier molecular flexibility index (Phi) is 5.46. The predicted octanol–water partition coefficient (Wildman–Crippen LogP) is 5.45. The van der Waals surface area contributed by atoms with Gasteiger partial charge in [-0.2, -0.15) is 0 Å². The summed E-state index contributed by atoms with van der Waals surface area (Å²) in [5.74, 6) is 0.470. The zero-order valence-corrected chi connectivity index (χ0v) is 17.3. The largest absolute Gasteiger partial charge is 0.480 e. The number of aliphatic imine (C=N–C) groups is 1. The Balaban J connectivity index is 1.62. The molecule has 0 unspecified atom stereocenters. The zero-order chi connectivity index (χ0) is 21.1. The van der Waals surface area contributed by atoms with E-state index in [-0.39, 0.29) is 11.7 Å². The van der Waals surface area contributed by atoms with E-state index in [2.05, 4.69) is 9.71 Å². The van der Waals surface area contributed by atoms with Crippen molar-refractivity contribution in [3.63, 3.8) is 0 Å². The Bertz CT molecular complexity index is 1230. The first-order valence-electron chi connectivity index (χ1n) is 9.74. The molecule has 7 heteroatoms. The van der Waals surface area contributed by atoms with Gasteiger partial charge < -0.3 is 9.52 Å². The van der Waals surface area contributed by atoms with Crippen LogP contribution in [0, 0.1) is 0 Å². The van der Waals surface area contributed by atoms with E-state index in [1.54, 1.807) is 36.6 Å². The minimum atomic E-state index is -3.39. The Morgan fingerprint density at radius 2 is 1.93 bits per heavy atom. The molecule has 2 heterocycles. The van der Waals surface area contributed by atoms with Crippen LogP contribution in [-0.2, 0) is 10.0 Å². The van der Waals surface area contributed by atoms with Crippen molar-refractivity contribution in [3.8, 4) is 17.3 Å². The third kappa shape index (κ3) is 4.31. The van der Waals surface area contributed by atoms with Gasteiger partial charge >= 0.3 is 0 Å². The zero-order valence-electron chi connectivity index (χ0n) is 16.5. The van der Waals surface area contributed by atoms with Crippen LogP contribution in [0.3, 0.4) is 0 Å². The van der Waals surface area contributed by atoms with Crippen molar-refractivity contribution in [3.05, 3.63) is 65.7 Å². The number of allylic oxidation sites excluding steroid dienone is 1. The molecule has 0 bridgehead atoms. The maximum atomic E-state index is 12.2. The number of fused-ring (bicyclic) bond motifs is 1. The maximum absolute atomic E-state index is 12.2. The topological polar surface area (TPSA) is 91.9 Å². The summed E-state index contributed by atoms with van der Waals surface area (Å²) >= 11 is 0. The number of nitrogens with one attached hydrogen (secondary N) is 1. The number of hydrogen-bond donors (Lipinski definition) is 2. The second-order valence-electron chi connectivity index (χ2n) is 7.10. The third-order valence-electron chi connectivity index (χ3n) is 4.80. The van der Waals surface area contributed by atoms with E-state index in [1.165, 1.54) is 0 Å². The highest BCUT2D eigenvalue weighted by atomic mass is 32.2. The first kappa shape index (κ1) is 20.0. The van der Waals surface area contributed by atoms with E-state index in [0.29, 0.717) is 23.4 Å². The van der Waals surface area contributed by atoms with Crippen molar-refractivity contribution >= 4 is 39.3 Å². The van der Waals surface area contributed by atoms with Crippen LogP contribution >= 0.6 is 0 Å². The molecule has 0 saturated heterocycles. The maximum Gasteiger partial charge on any atom is 0.289 e. The van der Waals surface area contributed by atoms with Gasteiger partial charge in [-0.25, -0.2) is 8.42 Å². The molecule has 0 aliphatic carbocycles. The van der Waals surface area contributed by atoms with Gasteiger partial charge in [-0.15, -0.1) is 0 Å². The minimum absolute atomic E-state index is 0.0882. The van der Waals surface area contributed by atoms with Crippen LogP contribution in [0.2, 0.25) is 0 Å². The normalized spacial score (nSPS) is 14.2. The Hall–Kier alpha value is -3.32. The highest BCUT2D eigenvalue weighted by Crippen LogP contribution is 2.37. The Morgan fingerprint density at radius 3 is 2.70 bits per heavy atom. The average molecular weight is 423 g/mol. The molecule has 3 aromatic rings. The van der Waals surface area contributed by atoms with Crippen LogP contribution in [0.4, 0.5) is 11.4 Å². The van der Waals surface area contributed by atoms with Gasteiger partial charge in [-0.05, 0) is 36.8 Å². The summed E-state index contributed by atoms with van der Waals surface area (Å²) in [5.41, 5.74) is 4.16. The lowest BCUT2D eigenvalue weighted by atomic mass is 10.0. The first-order chi connectivity index (χ1) is 14.4. The molecule has 154 valence electrons. The molecule has 0 saturated carbocycles. The average Bonchev–Trinajstić information content (AvgIpc) is 3.30. The summed E-state index contributed by atoms with van der Waals surface area (Å²) in [5, 5.41) is 10.2. The van der Waals surface area contributed by atoms with Gasteiger partial charge in [-0.1, -0.05) is 43.7 Å². The first-order valence-corrected chi connectivity index (χ1v) is 11.4. The monoisotopic (exact) mass is 422 g/mol. The fraction of sp³-hybridized carbons (Fsp3) is 0.174. The molecule has 4 rings (SSSR count). The lowest BCUT2D eigenvalue weighted by Crippen LogP contribution is -2.16. The molecule has 1 aliphatic heterocycles. The molecule has 1 aliphatic rings. The van der Waals surface area contributed by atoms with Crippen molar-refractivity contribution in [2.24, 2.45) is 4.99 Å². The SMILES string of the molecule is CCCCS(=O)(=O)Nc1ccc2c(c1)C(=Cc1cc(-c3ccccc3)oc1O)C=N2. The number of aromatic hydroxyl groups is 1. The fourth-order valence-corrected chi connectivity index (χ4v) is 4.50. The predicted molar refractivity (Wildman–Crippen MR) is 121 cm³/mol. The van der Waals surface area contributed by atoms with E-state index >= 15 is 0 Å². The smallest absolute Gasteiger partial charge is 0.289 e. The number of rotatable bonds is 7. The van der Waals surface area contributed by atoms with Gasteiger partial charge in [-0.3, -0.25) is 9.71 Å². The molecule has 0 atom stereocenters. The molecule has 0 amide bonds. The molecular weight excluding hydrogens is 400 g/mol. The number of anilines is 1. The summed E-state index contributed by atoms with van der Waals surface area (Å²) in [6.45, 7) is 1.95. The second kappa shape index (κ2) is 8.20. The molecule has 30 heavy (non-hydrogen) atoms. The van der Waals surface area contributed by atoms with E-state index in [0.717, 1.165) is 28.8 Å². The third-order valence-corrected chi connectivity index (χ3v) is 6.17. The lowest BCUT2D eigenvalue weighted by Gasteiger charge is -2.09. The van der Waals surface area contributed by atoms with E-state index in [1.807, 2.05) is 37.3 Å². The van der Waals surface area contributed by atoms with Crippen molar-refractivity contribution < 1.29 is 17.9 Å². The van der Waals surface area contributed by atoms with Crippen molar-refractivity contribution in [1.29, 1.82) is 0 Å². The van der Waals surface area contributed by atoms with Crippen molar-refractivity contribution in [1.82, 2.24) is 0 Å². The molecule has 2 aromatic carbocycles. The van der Waals surface area contributed by atoms with Crippen LogP contribution in [0.5, 0.6) is 5.95 Å². The molecule has 2 N–H and O–H groups in total. The van der Waals surface area contributed by atoms with E-state index < -0.39 is 10.0 Å². The summed E-state index contributed by atoms with van der Waals surface area (Å²) in [4.78, 5) is 4.38. The molecule has 0 fully saturated rings. The summed E-state index contributed by atoms with van der Waals surface area (Å²) in [6, 6.07) is 16.5. The van der Waals surface area contributed by atoms with Gasteiger partial charge in [0.2, 0.25) is 10.0 Å². The Morgan fingerprint density at radius 1 is 1.13 bits per heavy atom. The molecular formula is C23H22N2O4S.